The zero-order chi connectivity index (χ0) is 18.2. The maximum atomic E-state index is 12.4. The highest BCUT2D eigenvalue weighted by atomic mass is 16.5. The molecule has 2 N–H and O–H groups in total. The molecule has 0 bridgehead atoms. The summed E-state index contributed by atoms with van der Waals surface area (Å²) in [5, 5.41) is 12.1. The van der Waals surface area contributed by atoms with Crippen LogP contribution in [0.3, 0.4) is 0 Å². The predicted molar refractivity (Wildman–Crippen MR) is 95.2 cm³/mol. The van der Waals surface area contributed by atoms with Gasteiger partial charge < -0.3 is 20.1 Å². The number of amides is 2. The molecule has 6 nitrogen and oxygen atoms in total. The average molecular weight is 348 g/mol. The van der Waals surface area contributed by atoms with Crippen molar-refractivity contribution in [2.24, 2.45) is 11.8 Å². The Kier molecular flexibility index (Phi) is 7.25. The molecule has 2 rings (SSSR count). The molecule has 1 aliphatic rings. The molecule has 1 fully saturated rings. The summed E-state index contributed by atoms with van der Waals surface area (Å²) in [5.74, 6) is -1.10. The van der Waals surface area contributed by atoms with Crippen LogP contribution in [-0.4, -0.2) is 47.7 Å². The van der Waals surface area contributed by atoms with Gasteiger partial charge in [-0.05, 0) is 31.2 Å². The van der Waals surface area contributed by atoms with Gasteiger partial charge in [0.1, 0.15) is 0 Å². The van der Waals surface area contributed by atoms with Gasteiger partial charge in [0, 0.05) is 25.7 Å². The molecule has 0 aliphatic carbocycles. The second-order valence-corrected chi connectivity index (χ2v) is 6.96. The van der Waals surface area contributed by atoms with E-state index in [1.807, 2.05) is 44.2 Å². The van der Waals surface area contributed by atoms with E-state index in [-0.39, 0.29) is 24.5 Å². The molecular formula is C19H28N2O4. The number of rotatable bonds is 7. The standard InChI is InChI=1S/C19H28N2O4/c1-14-10-17(18(22)23)12-21(11-14)19(24)20-15(2)8-9-25-13-16-6-4-3-5-7-16/h3-7,14-15,17H,8-13H2,1-2H3,(H,20,24)(H,22,23). The van der Waals surface area contributed by atoms with Gasteiger partial charge in [0.25, 0.3) is 0 Å². The fraction of sp³-hybridized carbons (Fsp3) is 0.579. The number of carbonyl (C=O) groups excluding carboxylic acids is 1. The van der Waals surface area contributed by atoms with Gasteiger partial charge in [0.2, 0.25) is 0 Å². The molecule has 0 saturated carbocycles. The van der Waals surface area contributed by atoms with Crippen molar-refractivity contribution in [3.05, 3.63) is 35.9 Å². The van der Waals surface area contributed by atoms with Crippen molar-refractivity contribution >= 4 is 12.0 Å². The number of carboxylic acids is 1. The van der Waals surface area contributed by atoms with E-state index in [9.17, 15) is 14.7 Å². The summed E-state index contributed by atoms with van der Waals surface area (Å²) in [7, 11) is 0. The number of piperidine rings is 1. The van der Waals surface area contributed by atoms with E-state index >= 15 is 0 Å². The molecule has 25 heavy (non-hydrogen) atoms. The lowest BCUT2D eigenvalue weighted by atomic mass is 9.91. The van der Waals surface area contributed by atoms with Crippen molar-refractivity contribution in [1.82, 2.24) is 10.2 Å². The number of aliphatic carboxylic acids is 1. The molecule has 0 aromatic heterocycles. The predicted octanol–water partition coefficient (Wildman–Crippen LogP) is 2.73. The van der Waals surface area contributed by atoms with Crippen LogP contribution in [0.15, 0.2) is 30.3 Å². The van der Waals surface area contributed by atoms with E-state index in [1.165, 1.54) is 0 Å². The zero-order valence-electron chi connectivity index (χ0n) is 15.0. The highest BCUT2D eigenvalue weighted by Crippen LogP contribution is 2.21. The van der Waals surface area contributed by atoms with Crippen molar-refractivity contribution in [3.63, 3.8) is 0 Å². The lowest BCUT2D eigenvalue weighted by Crippen LogP contribution is -2.51. The van der Waals surface area contributed by atoms with Crippen molar-refractivity contribution in [1.29, 1.82) is 0 Å². The van der Waals surface area contributed by atoms with Gasteiger partial charge in [-0.15, -0.1) is 0 Å². The van der Waals surface area contributed by atoms with Gasteiger partial charge in [0.05, 0.1) is 12.5 Å². The molecule has 1 heterocycles. The SMILES string of the molecule is CC1CC(C(=O)O)CN(C(=O)NC(C)CCOCc2ccccc2)C1. The maximum absolute atomic E-state index is 12.4. The van der Waals surface area contributed by atoms with Gasteiger partial charge in [-0.1, -0.05) is 37.3 Å². The summed E-state index contributed by atoms with van der Waals surface area (Å²) < 4.78 is 5.64. The van der Waals surface area contributed by atoms with Crippen LogP contribution in [0.2, 0.25) is 0 Å². The number of likely N-dealkylation sites (tertiary alicyclic amines) is 1. The summed E-state index contributed by atoms with van der Waals surface area (Å²) in [4.78, 5) is 25.2. The summed E-state index contributed by atoms with van der Waals surface area (Å²) in [6, 6.07) is 9.75. The fourth-order valence-electron chi connectivity index (χ4n) is 3.09. The van der Waals surface area contributed by atoms with Crippen LogP contribution < -0.4 is 5.32 Å². The van der Waals surface area contributed by atoms with Gasteiger partial charge in [0.15, 0.2) is 0 Å². The molecule has 0 spiro atoms. The highest BCUT2D eigenvalue weighted by Gasteiger charge is 2.32. The lowest BCUT2D eigenvalue weighted by Gasteiger charge is -2.35. The average Bonchev–Trinajstić information content (AvgIpc) is 2.59. The largest absolute Gasteiger partial charge is 0.481 e. The Morgan fingerprint density at radius 2 is 2.04 bits per heavy atom. The van der Waals surface area contributed by atoms with E-state index in [0.717, 1.165) is 5.56 Å². The number of carboxylic acid groups (broad SMARTS) is 1. The number of hydrogen-bond donors (Lipinski definition) is 2. The quantitative estimate of drug-likeness (QED) is 0.743. The molecule has 1 aliphatic heterocycles. The molecule has 138 valence electrons. The van der Waals surface area contributed by atoms with Crippen molar-refractivity contribution in [3.8, 4) is 0 Å². The Morgan fingerprint density at radius 3 is 2.72 bits per heavy atom. The monoisotopic (exact) mass is 348 g/mol. The first-order valence-corrected chi connectivity index (χ1v) is 8.85. The smallest absolute Gasteiger partial charge is 0.317 e. The summed E-state index contributed by atoms with van der Waals surface area (Å²) >= 11 is 0. The van der Waals surface area contributed by atoms with Gasteiger partial charge in [-0.25, -0.2) is 4.79 Å². The maximum Gasteiger partial charge on any atom is 0.317 e. The Labute approximate surface area is 149 Å². The van der Waals surface area contributed by atoms with Gasteiger partial charge in [-0.2, -0.15) is 0 Å². The van der Waals surface area contributed by atoms with Crippen LogP contribution in [0.25, 0.3) is 0 Å². The minimum absolute atomic E-state index is 0.0243. The van der Waals surface area contributed by atoms with Gasteiger partial charge >= 0.3 is 12.0 Å². The number of nitrogens with one attached hydrogen (secondary N) is 1. The molecule has 3 atom stereocenters. The Hall–Kier alpha value is -2.08. The molecule has 1 aromatic rings. The second kappa shape index (κ2) is 9.42. The number of urea groups is 1. The molecule has 0 radical (unpaired) electrons. The number of benzene rings is 1. The third-order valence-electron chi connectivity index (χ3n) is 4.47. The molecular weight excluding hydrogens is 320 g/mol. The van der Waals surface area contributed by atoms with E-state index in [1.54, 1.807) is 4.90 Å². The lowest BCUT2D eigenvalue weighted by molar-refractivity contribution is -0.143. The first-order valence-electron chi connectivity index (χ1n) is 8.85. The van der Waals surface area contributed by atoms with E-state index < -0.39 is 11.9 Å². The van der Waals surface area contributed by atoms with E-state index in [4.69, 9.17) is 4.74 Å². The molecule has 1 aromatic carbocycles. The topological polar surface area (TPSA) is 78.9 Å². The summed E-state index contributed by atoms with van der Waals surface area (Å²) in [6.07, 6.45) is 1.34. The van der Waals surface area contributed by atoms with Crippen LogP contribution in [0.4, 0.5) is 4.79 Å². The van der Waals surface area contributed by atoms with Crippen LogP contribution >= 0.6 is 0 Å². The Morgan fingerprint density at radius 1 is 1.32 bits per heavy atom. The van der Waals surface area contributed by atoms with Crippen LogP contribution in [-0.2, 0) is 16.1 Å². The van der Waals surface area contributed by atoms with Crippen molar-refractivity contribution in [2.45, 2.75) is 39.3 Å². The van der Waals surface area contributed by atoms with Crippen molar-refractivity contribution in [2.75, 3.05) is 19.7 Å². The molecule has 2 amide bonds. The zero-order valence-corrected chi connectivity index (χ0v) is 15.0. The van der Waals surface area contributed by atoms with Crippen LogP contribution in [0, 0.1) is 11.8 Å². The molecule has 3 unspecified atom stereocenters. The minimum Gasteiger partial charge on any atom is -0.481 e. The van der Waals surface area contributed by atoms with E-state index in [2.05, 4.69) is 5.32 Å². The number of carbonyl (C=O) groups is 2. The van der Waals surface area contributed by atoms with Crippen LogP contribution in [0.5, 0.6) is 0 Å². The summed E-state index contributed by atoms with van der Waals surface area (Å²) in [6.45, 7) is 5.92. The fourth-order valence-corrected chi connectivity index (χ4v) is 3.09. The third kappa shape index (κ3) is 6.38. The normalized spacial score (nSPS) is 21.6. The second-order valence-electron chi connectivity index (χ2n) is 6.96. The van der Waals surface area contributed by atoms with Gasteiger partial charge in [-0.3, -0.25) is 4.79 Å². The van der Waals surface area contributed by atoms with Crippen LogP contribution in [0.1, 0.15) is 32.3 Å². The molecule has 6 heteroatoms. The van der Waals surface area contributed by atoms with Crippen molar-refractivity contribution < 1.29 is 19.4 Å². The highest BCUT2D eigenvalue weighted by molar-refractivity contribution is 5.76. The number of hydrogen-bond acceptors (Lipinski definition) is 3. The first-order chi connectivity index (χ1) is 12.0. The number of nitrogens with zero attached hydrogens (tertiary/aromatic N) is 1. The Bertz CT molecular complexity index is 564. The first kappa shape index (κ1) is 19.2. The van der Waals surface area contributed by atoms with E-state index in [0.29, 0.717) is 32.6 Å². The third-order valence-corrected chi connectivity index (χ3v) is 4.47. The minimum atomic E-state index is -0.827. The number of ether oxygens (including phenoxy) is 1. The molecule has 1 saturated heterocycles. The Balaban J connectivity index is 1.69. The summed E-state index contributed by atoms with van der Waals surface area (Å²) in [5.41, 5.74) is 1.13.